The van der Waals surface area contributed by atoms with Crippen LogP contribution in [0.3, 0.4) is 0 Å². The first-order valence-corrected chi connectivity index (χ1v) is 8.04. The summed E-state index contributed by atoms with van der Waals surface area (Å²) in [4.78, 5) is 12.1. The van der Waals surface area contributed by atoms with Crippen molar-refractivity contribution in [3.8, 4) is 23.0 Å². The van der Waals surface area contributed by atoms with Gasteiger partial charge in [-0.3, -0.25) is 4.79 Å². The smallest absolute Gasteiger partial charge is 0.239 e. The fourth-order valence-corrected chi connectivity index (χ4v) is 2.38. The fourth-order valence-electron chi connectivity index (χ4n) is 2.38. The van der Waals surface area contributed by atoms with Gasteiger partial charge in [0.15, 0.2) is 11.5 Å². The highest BCUT2D eigenvalue weighted by Gasteiger charge is 2.09. The summed E-state index contributed by atoms with van der Waals surface area (Å²) in [6, 6.07) is 10.9. The molecular formula is C19H24N2O5. The van der Waals surface area contributed by atoms with Crippen molar-refractivity contribution in [2.75, 3.05) is 40.3 Å². The molecule has 0 aliphatic rings. The van der Waals surface area contributed by atoms with E-state index >= 15 is 0 Å². The van der Waals surface area contributed by atoms with Crippen molar-refractivity contribution in [1.29, 1.82) is 0 Å². The second-order valence-electron chi connectivity index (χ2n) is 5.39. The second kappa shape index (κ2) is 9.41. The zero-order valence-electron chi connectivity index (χ0n) is 15.4. The van der Waals surface area contributed by atoms with Crippen molar-refractivity contribution in [2.24, 2.45) is 0 Å². The van der Waals surface area contributed by atoms with Crippen LogP contribution in [0.15, 0.2) is 36.4 Å². The molecule has 0 unspecified atom stereocenters. The van der Waals surface area contributed by atoms with E-state index in [-0.39, 0.29) is 12.5 Å². The Morgan fingerprint density at radius 1 is 0.846 bits per heavy atom. The maximum Gasteiger partial charge on any atom is 0.239 e. The maximum atomic E-state index is 12.1. The van der Waals surface area contributed by atoms with Gasteiger partial charge in [0, 0.05) is 12.6 Å². The number of nitrogens with one attached hydrogen (secondary N) is 2. The van der Waals surface area contributed by atoms with E-state index in [0.717, 1.165) is 5.56 Å². The first-order chi connectivity index (χ1) is 12.6. The molecular weight excluding hydrogens is 336 g/mol. The fraction of sp³-hybridized carbons (Fsp3) is 0.316. The monoisotopic (exact) mass is 360 g/mol. The Labute approximate surface area is 153 Å². The van der Waals surface area contributed by atoms with Crippen LogP contribution in [0.4, 0.5) is 5.69 Å². The third kappa shape index (κ3) is 4.95. The topological polar surface area (TPSA) is 78.1 Å². The highest BCUT2D eigenvalue weighted by molar-refractivity contribution is 5.81. The van der Waals surface area contributed by atoms with Gasteiger partial charge in [-0.25, -0.2) is 0 Å². The largest absolute Gasteiger partial charge is 0.497 e. The van der Waals surface area contributed by atoms with Gasteiger partial charge >= 0.3 is 0 Å². The summed E-state index contributed by atoms with van der Waals surface area (Å²) in [6.45, 7) is 0.493. The summed E-state index contributed by atoms with van der Waals surface area (Å²) in [7, 11) is 6.31. The molecule has 0 spiro atoms. The summed E-state index contributed by atoms with van der Waals surface area (Å²) in [6.07, 6.45) is 0. The van der Waals surface area contributed by atoms with Crippen LogP contribution in [-0.2, 0) is 11.3 Å². The van der Waals surface area contributed by atoms with Gasteiger partial charge in [0.05, 0.1) is 40.7 Å². The van der Waals surface area contributed by atoms with Crippen molar-refractivity contribution in [3.63, 3.8) is 0 Å². The summed E-state index contributed by atoms with van der Waals surface area (Å²) >= 11 is 0. The molecule has 26 heavy (non-hydrogen) atoms. The molecule has 140 valence electrons. The lowest BCUT2D eigenvalue weighted by Crippen LogP contribution is -2.29. The van der Waals surface area contributed by atoms with Gasteiger partial charge in [0.25, 0.3) is 0 Å². The lowest BCUT2D eigenvalue weighted by molar-refractivity contribution is -0.119. The van der Waals surface area contributed by atoms with E-state index in [1.807, 2.05) is 12.1 Å². The SMILES string of the molecule is COc1ccc(OC)c(NCC(=O)NCc2ccc(OC)c(OC)c2)c1. The molecule has 0 fully saturated rings. The maximum absolute atomic E-state index is 12.1. The Morgan fingerprint density at radius 2 is 1.54 bits per heavy atom. The number of hydrogen-bond acceptors (Lipinski definition) is 6. The average molecular weight is 360 g/mol. The third-order valence-electron chi connectivity index (χ3n) is 3.78. The molecule has 0 radical (unpaired) electrons. The normalized spacial score (nSPS) is 10.0. The van der Waals surface area contributed by atoms with Crippen LogP contribution in [0.1, 0.15) is 5.56 Å². The van der Waals surface area contributed by atoms with E-state index in [4.69, 9.17) is 18.9 Å². The number of anilines is 1. The molecule has 7 nitrogen and oxygen atoms in total. The molecule has 2 rings (SSSR count). The number of benzene rings is 2. The van der Waals surface area contributed by atoms with Crippen LogP contribution in [0.2, 0.25) is 0 Å². The lowest BCUT2D eigenvalue weighted by Gasteiger charge is -2.13. The van der Waals surface area contributed by atoms with Crippen LogP contribution in [0, 0.1) is 0 Å². The van der Waals surface area contributed by atoms with E-state index in [9.17, 15) is 4.79 Å². The van der Waals surface area contributed by atoms with Crippen molar-refractivity contribution >= 4 is 11.6 Å². The zero-order valence-corrected chi connectivity index (χ0v) is 15.4. The van der Waals surface area contributed by atoms with E-state index in [1.54, 1.807) is 52.7 Å². The van der Waals surface area contributed by atoms with Crippen molar-refractivity contribution in [1.82, 2.24) is 5.32 Å². The van der Waals surface area contributed by atoms with E-state index in [0.29, 0.717) is 35.2 Å². The molecule has 0 heterocycles. The van der Waals surface area contributed by atoms with Crippen LogP contribution in [-0.4, -0.2) is 40.9 Å². The van der Waals surface area contributed by atoms with Crippen LogP contribution in [0.5, 0.6) is 23.0 Å². The Morgan fingerprint density at radius 3 is 2.19 bits per heavy atom. The summed E-state index contributed by atoms with van der Waals surface area (Å²) in [5, 5.41) is 5.91. The molecule has 0 bridgehead atoms. The van der Waals surface area contributed by atoms with E-state index in [2.05, 4.69) is 10.6 Å². The zero-order chi connectivity index (χ0) is 18.9. The number of hydrogen-bond donors (Lipinski definition) is 2. The Hall–Kier alpha value is -3.09. The van der Waals surface area contributed by atoms with Gasteiger partial charge in [-0.15, -0.1) is 0 Å². The molecule has 2 N–H and O–H groups in total. The average Bonchev–Trinajstić information content (AvgIpc) is 2.69. The van der Waals surface area contributed by atoms with Gasteiger partial charge in [-0.05, 0) is 29.8 Å². The predicted molar refractivity (Wildman–Crippen MR) is 99.4 cm³/mol. The van der Waals surface area contributed by atoms with E-state index < -0.39 is 0 Å². The van der Waals surface area contributed by atoms with Gasteiger partial charge in [0.1, 0.15) is 11.5 Å². The van der Waals surface area contributed by atoms with Gasteiger partial charge in [0.2, 0.25) is 5.91 Å². The summed E-state index contributed by atoms with van der Waals surface area (Å²) in [5.74, 6) is 2.44. The number of rotatable bonds is 9. The van der Waals surface area contributed by atoms with E-state index in [1.165, 1.54) is 0 Å². The molecule has 1 amide bonds. The first-order valence-electron chi connectivity index (χ1n) is 8.04. The minimum atomic E-state index is -0.148. The van der Waals surface area contributed by atoms with Crippen LogP contribution >= 0.6 is 0 Å². The molecule has 2 aromatic carbocycles. The predicted octanol–water partition coefficient (Wildman–Crippen LogP) is 2.45. The number of carbonyl (C=O) groups is 1. The molecule has 0 aromatic heterocycles. The lowest BCUT2D eigenvalue weighted by atomic mass is 10.2. The summed E-state index contributed by atoms with van der Waals surface area (Å²) < 4.78 is 20.9. The quantitative estimate of drug-likeness (QED) is 0.715. The standard InChI is InChI=1S/C19H24N2O5/c1-23-14-6-8-16(24-2)15(10-14)20-12-19(22)21-11-13-5-7-17(25-3)18(9-13)26-4/h5-10,20H,11-12H2,1-4H3,(H,21,22). The summed E-state index contributed by atoms with van der Waals surface area (Å²) in [5.41, 5.74) is 1.60. The highest BCUT2D eigenvalue weighted by Crippen LogP contribution is 2.29. The van der Waals surface area contributed by atoms with Crippen molar-refractivity contribution in [2.45, 2.75) is 6.54 Å². The number of ether oxygens (including phenoxy) is 4. The van der Waals surface area contributed by atoms with Crippen LogP contribution in [0.25, 0.3) is 0 Å². The number of amides is 1. The van der Waals surface area contributed by atoms with Crippen molar-refractivity contribution < 1.29 is 23.7 Å². The molecule has 0 aliphatic carbocycles. The van der Waals surface area contributed by atoms with Gasteiger partial charge in [-0.2, -0.15) is 0 Å². The Balaban J connectivity index is 1.91. The molecule has 2 aromatic rings. The molecule has 7 heteroatoms. The molecule has 0 saturated carbocycles. The third-order valence-corrected chi connectivity index (χ3v) is 3.78. The minimum Gasteiger partial charge on any atom is -0.497 e. The van der Waals surface area contributed by atoms with Gasteiger partial charge in [-0.1, -0.05) is 6.07 Å². The second-order valence-corrected chi connectivity index (χ2v) is 5.39. The Bertz CT molecular complexity index is 749. The molecule has 0 saturated heterocycles. The van der Waals surface area contributed by atoms with Crippen molar-refractivity contribution in [3.05, 3.63) is 42.0 Å². The van der Waals surface area contributed by atoms with Gasteiger partial charge < -0.3 is 29.6 Å². The minimum absolute atomic E-state index is 0.108. The first kappa shape index (κ1) is 19.2. The van der Waals surface area contributed by atoms with Crippen LogP contribution < -0.4 is 29.6 Å². The molecule has 0 aliphatic heterocycles. The molecule has 0 atom stereocenters. The number of methoxy groups -OCH3 is 4. The highest BCUT2D eigenvalue weighted by atomic mass is 16.5. The Kier molecular flexibility index (Phi) is 6.96. The number of carbonyl (C=O) groups excluding carboxylic acids is 1.